The Bertz CT molecular complexity index is 1350. The number of benzene rings is 1. The predicted octanol–water partition coefficient (Wildman–Crippen LogP) is 3.27. The second-order valence-corrected chi connectivity index (χ2v) is 5.61. The average molecular weight is 357 g/mol. The molecule has 0 aliphatic heterocycles. The van der Waals surface area contributed by atoms with Crippen LogP contribution in [0.5, 0.6) is 0 Å². The fourth-order valence-corrected chi connectivity index (χ4v) is 2.66. The first kappa shape index (κ1) is 16.3. The van der Waals surface area contributed by atoms with Crippen molar-refractivity contribution in [3.05, 3.63) is 87.5 Å². The highest BCUT2D eigenvalue weighted by molar-refractivity contribution is 6.00. The van der Waals surface area contributed by atoms with Gasteiger partial charge >= 0.3 is 11.3 Å². The van der Waals surface area contributed by atoms with E-state index in [9.17, 15) is 14.9 Å². The van der Waals surface area contributed by atoms with Crippen molar-refractivity contribution < 1.29 is 8.83 Å². The van der Waals surface area contributed by atoms with Crippen LogP contribution in [0.2, 0.25) is 0 Å². The fourth-order valence-electron chi connectivity index (χ4n) is 2.66. The van der Waals surface area contributed by atoms with E-state index in [0.717, 1.165) is 0 Å². The number of nitrogens with zero attached hydrogens (tertiary/aromatic N) is 2. The van der Waals surface area contributed by atoms with E-state index in [2.05, 4.69) is 10.3 Å². The van der Waals surface area contributed by atoms with Crippen LogP contribution < -0.4 is 16.6 Å². The smallest absolute Gasteiger partial charge is 0.360 e. The summed E-state index contributed by atoms with van der Waals surface area (Å²) < 4.78 is 10.6. The lowest BCUT2D eigenvalue weighted by Gasteiger charge is -2.04. The lowest BCUT2D eigenvalue weighted by atomic mass is 10.2. The molecule has 1 N–H and O–H groups in total. The van der Waals surface area contributed by atoms with Gasteiger partial charge in [-0.2, -0.15) is 5.26 Å². The van der Waals surface area contributed by atoms with Crippen molar-refractivity contribution in [2.75, 3.05) is 5.32 Å². The molecule has 4 rings (SSSR count). The average Bonchev–Trinajstić information content (AvgIpc) is 2.70. The summed E-state index contributed by atoms with van der Waals surface area (Å²) in [6.07, 6.45) is 2.89. The van der Waals surface area contributed by atoms with Crippen molar-refractivity contribution in [3.8, 4) is 6.07 Å². The van der Waals surface area contributed by atoms with Gasteiger partial charge in [-0.15, -0.1) is 0 Å². The lowest BCUT2D eigenvalue weighted by molar-refractivity contribution is 0.544. The van der Waals surface area contributed by atoms with E-state index in [1.54, 1.807) is 48.7 Å². The SMILES string of the molecule is N#C/C(=C/Nc1cc2c(=O)oc3ccccc3c2oc1=O)c1ccccn1. The number of pyridine rings is 1. The maximum Gasteiger partial charge on any atom is 0.360 e. The molecule has 0 fully saturated rings. The first-order valence-electron chi connectivity index (χ1n) is 7.95. The summed E-state index contributed by atoms with van der Waals surface area (Å²) in [5.74, 6) is 0. The maximum absolute atomic E-state index is 12.3. The fraction of sp³-hybridized carbons (Fsp3) is 0. The first-order chi connectivity index (χ1) is 13.2. The molecule has 0 spiro atoms. The number of anilines is 1. The largest absolute Gasteiger partial charge is 0.422 e. The van der Waals surface area contributed by atoms with Crippen molar-refractivity contribution in [2.24, 2.45) is 0 Å². The van der Waals surface area contributed by atoms with E-state index in [4.69, 9.17) is 8.83 Å². The molecule has 0 bridgehead atoms. The topological polar surface area (TPSA) is 109 Å². The molecule has 0 aliphatic carbocycles. The van der Waals surface area contributed by atoms with E-state index < -0.39 is 11.3 Å². The maximum atomic E-state index is 12.3. The minimum absolute atomic E-state index is 0.00811. The Morgan fingerprint density at radius 2 is 1.85 bits per heavy atom. The van der Waals surface area contributed by atoms with Gasteiger partial charge in [-0.05, 0) is 30.3 Å². The van der Waals surface area contributed by atoms with Crippen molar-refractivity contribution >= 4 is 33.2 Å². The highest BCUT2D eigenvalue weighted by Gasteiger charge is 2.13. The molecule has 3 aromatic heterocycles. The summed E-state index contributed by atoms with van der Waals surface area (Å²) in [6, 6.07) is 15.3. The van der Waals surface area contributed by atoms with E-state index in [1.807, 2.05) is 6.07 Å². The van der Waals surface area contributed by atoms with Gasteiger partial charge in [0.15, 0.2) is 5.58 Å². The predicted molar refractivity (Wildman–Crippen MR) is 100.0 cm³/mol. The molecule has 0 saturated heterocycles. The summed E-state index contributed by atoms with van der Waals surface area (Å²) in [6.45, 7) is 0. The Hall–Kier alpha value is -4.18. The normalized spacial score (nSPS) is 11.4. The van der Waals surface area contributed by atoms with Gasteiger partial charge in [0.1, 0.15) is 22.7 Å². The zero-order chi connectivity index (χ0) is 18.8. The molecule has 4 aromatic rings. The number of allylic oxidation sites excluding steroid dienone is 1. The van der Waals surface area contributed by atoms with Crippen LogP contribution in [-0.4, -0.2) is 4.98 Å². The minimum atomic E-state index is -0.673. The van der Waals surface area contributed by atoms with Gasteiger partial charge in [0.2, 0.25) is 0 Å². The van der Waals surface area contributed by atoms with Crippen LogP contribution in [0.25, 0.3) is 27.5 Å². The van der Waals surface area contributed by atoms with Crippen LogP contribution in [0.15, 0.2) is 79.4 Å². The standard InChI is InChI=1S/C20H11N3O4/c21-10-12(15-6-3-4-8-22-15)11-23-16-9-14-18(27-20(16)25)13-5-1-2-7-17(13)26-19(14)24/h1-9,11,23H/b12-11-. The van der Waals surface area contributed by atoms with E-state index >= 15 is 0 Å². The van der Waals surface area contributed by atoms with Gasteiger partial charge in [-0.1, -0.05) is 18.2 Å². The van der Waals surface area contributed by atoms with Crippen LogP contribution >= 0.6 is 0 Å². The van der Waals surface area contributed by atoms with Crippen LogP contribution in [0.1, 0.15) is 5.69 Å². The molecular formula is C20H11N3O4. The molecule has 3 heterocycles. The van der Waals surface area contributed by atoms with Crippen LogP contribution in [0, 0.1) is 11.3 Å². The molecule has 0 radical (unpaired) electrons. The molecule has 0 saturated carbocycles. The first-order valence-corrected chi connectivity index (χ1v) is 7.95. The third kappa shape index (κ3) is 2.96. The Morgan fingerprint density at radius 3 is 2.63 bits per heavy atom. The number of para-hydroxylation sites is 1. The minimum Gasteiger partial charge on any atom is -0.422 e. The van der Waals surface area contributed by atoms with Gasteiger partial charge in [0, 0.05) is 12.4 Å². The van der Waals surface area contributed by atoms with E-state index in [-0.39, 0.29) is 22.2 Å². The highest BCUT2D eigenvalue weighted by atomic mass is 16.4. The molecule has 0 aliphatic rings. The molecule has 0 amide bonds. The van der Waals surface area contributed by atoms with E-state index in [1.165, 1.54) is 12.3 Å². The number of aromatic nitrogens is 1. The Balaban J connectivity index is 1.83. The molecule has 7 nitrogen and oxygen atoms in total. The number of hydrogen-bond donors (Lipinski definition) is 1. The van der Waals surface area contributed by atoms with Gasteiger partial charge in [-0.25, -0.2) is 9.59 Å². The molecule has 0 atom stereocenters. The summed E-state index contributed by atoms with van der Waals surface area (Å²) in [7, 11) is 0. The van der Waals surface area contributed by atoms with Gasteiger partial charge in [-0.3, -0.25) is 4.98 Å². The molecule has 1 aromatic carbocycles. The molecular weight excluding hydrogens is 346 g/mol. The Kier molecular flexibility index (Phi) is 3.99. The quantitative estimate of drug-likeness (QED) is 0.340. The number of fused-ring (bicyclic) bond motifs is 3. The monoisotopic (exact) mass is 357 g/mol. The van der Waals surface area contributed by atoms with Gasteiger partial charge in [0.05, 0.1) is 16.7 Å². The zero-order valence-electron chi connectivity index (χ0n) is 13.8. The molecule has 0 unspecified atom stereocenters. The summed E-state index contributed by atoms with van der Waals surface area (Å²) in [4.78, 5) is 28.7. The van der Waals surface area contributed by atoms with Crippen molar-refractivity contribution in [1.82, 2.24) is 4.98 Å². The highest BCUT2D eigenvalue weighted by Crippen LogP contribution is 2.23. The molecule has 27 heavy (non-hydrogen) atoms. The number of rotatable bonds is 3. The molecule has 7 heteroatoms. The Labute approximate surface area is 151 Å². The third-order valence-corrected chi connectivity index (χ3v) is 3.94. The van der Waals surface area contributed by atoms with Gasteiger partial charge < -0.3 is 14.2 Å². The van der Waals surface area contributed by atoms with Crippen molar-refractivity contribution in [2.45, 2.75) is 0 Å². The number of nitriles is 1. The van der Waals surface area contributed by atoms with Gasteiger partial charge in [0.25, 0.3) is 0 Å². The summed E-state index contributed by atoms with van der Waals surface area (Å²) >= 11 is 0. The van der Waals surface area contributed by atoms with Crippen molar-refractivity contribution in [3.63, 3.8) is 0 Å². The summed E-state index contributed by atoms with van der Waals surface area (Å²) in [5, 5.41) is 12.7. The molecule has 130 valence electrons. The summed E-state index contributed by atoms with van der Waals surface area (Å²) in [5.41, 5.74) is -0.123. The second kappa shape index (κ2) is 6.61. The van der Waals surface area contributed by atoms with Crippen LogP contribution in [-0.2, 0) is 0 Å². The number of nitrogens with one attached hydrogen (secondary N) is 1. The third-order valence-electron chi connectivity index (χ3n) is 3.94. The van der Waals surface area contributed by atoms with Crippen molar-refractivity contribution in [1.29, 1.82) is 5.26 Å². The Morgan fingerprint density at radius 1 is 1.04 bits per heavy atom. The number of hydrogen-bond acceptors (Lipinski definition) is 7. The second-order valence-electron chi connectivity index (χ2n) is 5.61. The van der Waals surface area contributed by atoms with E-state index in [0.29, 0.717) is 16.7 Å². The zero-order valence-corrected chi connectivity index (χ0v) is 13.8. The van der Waals surface area contributed by atoms with Crippen LogP contribution in [0.4, 0.5) is 5.69 Å². The van der Waals surface area contributed by atoms with Crippen LogP contribution in [0.3, 0.4) is 0 Å². The lowest BCUT2D eigenvalue weighted by Crippen LogP contribution is -2.10.